The second-order valence-corrected chi connectivity index (χ2v) is 7.34. The van der Waals surface area contributed by atoms with Crippen LogP contribution in [0.1, 0.15) is 47.3 Å². The first-order valence-electron chi connectivity index (χ1n) is 9.95. The molecule has 0 bridgehead atoms. The van der Waals surface area contributed by atoms with Crippen LogP contribution in [0.5, 0.6) is 0 Å². The van der Waals surface area contributed by atoms with E-state index >= 15 is 0 Å². The maximum absolute atomic E-state index is 12.1. The largest absolute Gasteiger partial charge is 0.366 e. The fourth-order valence-electron chi connectivity index (χ4n) is 4.04. The number of aryl methyl sites for hydroxylation is 2. The Hall–Kier alpha value is -3.07. The number of hydrogen-bond donors (Lipinski definition) is 1. The summed E-state index contributed by atoms with van der Waals surface area (Å²) >= 11 is 0. The Balaban J connectivity index is 1.99. The molecule has 0 atom stereocenters. The molecule has 28 heavy (non-hydrogen) atoms. The first-order valence-corrected chi connectivity index (χ1v) is 9.95. The van der Waals surface area contributed by atoms with E-state index in [4.69, 9.17) is 5.73 Å². The van der Waals surface area contributed by atoms with Crippen molar-refractivity contribution in [3.63, 3.8) is 0 Å². The summed E-state index contributed by atoms with van der Waals surface area (Å²) in [6.07, 6.45) is 3.12. The van der Waals surface area contributed by atoms with Crippen LogP contribution < -0.4 is 5.73 Å². The SMILES string of the molecule is CCCc1c[c]c2c3c(C(N)=O)cccc3n(Cc3cccc(CC)c3)c2c1. The Morgan fingerprint density at radius 1 is 1.00 bits per heavy atom. The maximum atomic E-state index is 12.1. The van der Waals surface area contributed by atoms with Crippen molar-refractivity contribution < 1.29 is 4.79 Å². The predicted octanol–water partition coefficient (Wildman–Crippen LogP) is 5.26. The molecule has 3 heteroatoms. The van der Waals surface area contributed by atoms with Gasteiger partial charge in [0.15, 0.2) is 0 Å². The molecule has 0 saturated heterocycles. The van der Waals surface area contributed by atoms with Crippen molar-refractivity contribution in [3.05, 3.63) is 82.9 Å². The smallest absolute Gasteiger partial charge is 0.249 e. The number of nitrogens with two attached hydrogens (primary N) is 1. The molecule has 1 radical (unpaired) electrons. The van der Waals surface area contributed by atoms with Crippen molar-refractivity contribution in [2.24, 2.45) is 5.73 Å². The topological polar surface area (TPSA) is 48.0 Å². The summed E-state index contributed by atoms with van der Waals surface area (Å²) in [4.78, 5) is 12.1. The lowest BCUT2D eigenvalue weighted by Crippen LogP contribution is -2.11. The highest BCUT2D eigenvalue weighted by Gasteiger charge is 2.17. The van der Waals surface area contributed by atoms with Crippen LogP contribution in [0.2, 0.25) is 0 Å². The summed E-state index contributed by atoms with van der Waals surface area (Å²) < 4.78 is 2.29. The first kappa shape index (κ1) is 18.3. The highest BCUT2D eigenvalue weighted by atomic mass is 16.1. The lowest BCUT2D eigenvalue weighted by atomic mass is 10.0. The van der Waals surface area contributed by atoms with Crippen molar-refractivity contribution in [1.29, 1.82) is 0 Å². The van der Waals surface area contributed by atoms with Gasteiger partial charge in [-0.05, 0) is 53.8 Å². The van der Waals surface area contributed by atoms with Gasteiger partial charge in [-0.15, -0.1) is 0 Å². The van der Waals surface area contributed by atoms with Gasteiger partial charge in [-0.25, -0.2) is 0 Å². The number of aromatic nitrogens is 1. The second-order valence-electron chi connectivity index (χ2n) is 7.34. The van der Waals surface area contributed by atoms with Crippen LogP contribution in [0, 0.1) is 6.07 Å². The van der Waals surface area contributed by atoms with E-state index in [1.165, 1.54) is 16.7 Å². The Labute approximate surface area is 165 Å². The molecule has 4 aromatic rings. The van der Waals surface area contributed by atoms with Gasteiger partial charge in [0.05, 0.1) is 11.0 Å². The van der Waals surface area contributed by atoms with Gasteiger partial charge in [0.25, 0.3) is 0 Å². The van der Waals surface area contributed by atoms with Crippen LogP contribution in [-0.4, -0.2) is 10.5 Å². The fraction of sp³-hybridized carbons (Fsp3) is 0.240. The van der Waals surface area contributed by atoms with E-state index in [1.807, 2.05) is 12.1 Å². The van der Waals surface area contributed by atoms with Gasteiger partial charge in [0.2, 0.25) is 5.91 Å². The summed E-state index contributed by atoms with van der Waals surface area (Å²) in [6, 6.07) is 22.2. The van der Waals surface area contributed by atoms with E-state index < -0.39 is 5.91 Å². The van der Waals surface area contributed by atoms with Gasteiger partial charge in [-0.1, -0.05) is 56.7 Å². The van der Waals surface area contributed by atoms with E-state index in [1.54, 1.807) is 6.07 Å². The summed E-state index contributed by atoms with van der Waals surface area (Å²) in [7, 11) is 0. The van der Waals surface area contributed by atoms with Gasteiger partial charge >= 0.3 is 0 Å². The molecule has 141 valence electrons. The third kappa shape index (κ3) is 3.18. The Kier molecular flexibility index (Phi) is 4.91. The van der Waals surface area contributed by atoms with E-state index in [0.29, 0.717) is 5.56 Å². The van der Waals surface area contributed by atoms with E-state index in [2.05, 4.69) is 60.9 Å². The molecule has 0 saturated carbocycles. The monoisotopic (exact) mass is 369 g/mol. The molecule has 3 aromatic carbocycles. The van der Waals surface area contributed by atoms with Gasteiger partial charge in [0, 0.05) is 22.9 Å². The lowest BCUT2D eigenvalue weighted by molar-refractivity contribution is 0.100. The highest BCUT2D eigenvalue weighted by molar-refractivity contribution is 6.17. The number of fused-ring (bicyclic) bond motifs is 3. The number of rotatable bonds is 6. The van der Waals surface area contributed by atoms with E-state index in [0.717, 1.165) is 47.6 Å². The molecule has 0 aliphatic carbocycles. The van der Waals surface area contributed by atoms with Crippen molar-refractivity contribution in [2.75, 3.05) is 0 Å². The first-order chi connectivity index (χ1) is 13.6. The number of carbonyl (C=O) groups excluding carboxylic acids is 1. The van der Waals surface area contributed by atoms with Crippen LogP contribution in [-0.2, 0) is 19.4 Å². The van der Waals surface area contributed by atoms with Gasteiger partial charge < -0.3 is 10.3 Å². The minimum absolute atomic E-state index is 0.399. The molecule has 2 N–H and O–H groups in total. The minimum Gasteiger partial charge on any atom is -0.366 e. The fourth-order valence-corrected chi connectivity index (χ4v) is 4.04. The van der Waals surface area contributed by atoms with Crippen LogP contribution in [0.3, 0.4) is 0 Å². The third-order valence-corrected chi connectivity index (χ3v) is 5.40. The van der Waals surface area contributed by atoms with Crippen LogP contribution in [0.25, 0.3) is 21.8 Å². The summed E-state index contributed by atoms with van der Waals surface area (Å²) in [5.41, 5.74) is 12.2. The lowest BCUT2D eigenvalue weighted by Gasteiger charge is -2.10. The molecule has 4 rings (SSSR count). The van der Waals surface area contributed by atoms with Gasteiger partial charge in [-0.3, -0.25) is 4.79 Å². The second kappa shape index (κ2) is 7.51. The number of hydrogen-bond acceptors (Lipinski definition) is 1. The van der Waals surface area contributed by atoms with Crippen molar-refractivity contribution in [3.8, 4) is 0 Å². The molecule has 3 nitrogen and oxygen atoms in total. The summed E-state index contributed by atoms with van der Waals surface area (Å²) in [5.74, 6) is -0.399. The molecule has 1 aromatic heterocycles. The van der Waals surface area contributed by atoms with Crippen molar-refractivity contribution in [1.82, 2.24) is 4.57 Å². The minimum atomic E-state index is -0.399. The quantitative estimate of drug-likeness (QED) is 0.495. The van der Waals surface area contributed by atoms with Crippen LogP contribution in [0.4, 0.5) is 0 Å². The third-order valence-electron chi connectivity index (χ3n) is 5.40. The Morgan fingerprint density at radius 2 is 1.79 bits per heavy atom. The van der Waals surface area contributed by atoms with Crippen LogP contribution in [0.15, 0.2) is 54.6 Å². The molecular weight excluding hydrogens is 344 g/mol. The molecule has 0 spiro atoms. The normalized spacial score (nSPS) is 11.4. The predicted molar refractivity (Wildman–Crippen MR) is 116 cm³/mol. The molecule has 1 amide bonds. The number of benzene rings is 3. The average Bonchev–Trinajstić information content (AvgIpc) is 3.01. The molecule has 1 heterocycles. The van der Waals surface area contributed by atoms with Crippen molar-refractivity contribution >= 4 is 27.7 Å². The zero-order chi connectivity index (χ0) is 19.7. The molecular formula is C25H25N2O. The average molecular weight is 369 g/mol. The van der Waals surface area contributed by atoms with Gasteiger partial charge in [-0.2, -0.15) is 0 Å². The van der Waals surface area contributed by atoms with Crippen molar-refractivity contribution in [2.45, 2.75) is 39.7 Å². The molecule has 0 aliphatic heterocycles. The number of carbonyl (C=O) groups is 1. The standard InChI is InChI=1S/C25H25N2O/c1-3-7-18-12-13-20-23(15-18)27(16-19-9-5-8-17(4-2)14-19)22-11-6-10-21(24(20)22)25(26)28/h5-6,8-12,14-15H,3-4,7,16H2,1-2H3,(H2,26,28). The summed E-state index contributed by atoms with van der Waals surface area (Å²) in [5, 5.41) is 1.87. The summed E-state index contributed by atoms with van der Waals surface area (Å²) in [6.45, 7) is 5.10. The van der Waals surface area contributed by atoms with Gasteiger partial charge in [0.1, 0.15) is 0 Å². The maximum Gasteiger partial charge on any atom is 0.249 e. The van der Waals surface area contributed by atoms with E-state index in [-0.39, 0.29) is 0 Å². The van der Waals surface area contributed by atoms with E-state index in [9.17, 15) is 4.79 Å². The number of nitrogens with zero attached hydrogens (tertiary/aromatic N) is 1. The number of primary amides is 1. The zero-order valence-corrected chi connectivity index (χ0v) is 16.5. The molecule has 0 aliphatic rings. The highest BCUT2D eigenvalue weighted by Crippen LogP contribution is 2.33. The molecule has 0 unspecified atom stereocenters. The zero-order valence-electron chi connectivity index (χ0n) is 16.5. The molecule has 0 fully saturated rings. The number of amides is 1. The Bertz CT molecular complexity index is 1170. The Morgan fingerprint density at radius 3 is 2.54 bits per heavy atom. The van der Waals surface area contributed by atoms with Crippen LogP contribution >= 0.6 is 0 Å².